The van der Waals surface area contributed by atoms with E-state index in [1.165, 1.54) is 0 Å². The van der Waals surface area contributed by atoms with Gasteiger partial charge >= 0.3 is 25.0 Å². The fraction of sp³-hybridized carbons (Fsp3) is 0.643. The molecule has 2 aliphatic heterocycles. The first-order chi connectivity index (χ1) is 17.9. The second-order valence-electron chi connectivity index (χ2n) is 13.4. The van der Waals surface area contributed by atoms with Crippen molar-refractivity contribution in [1.82, 2.24) is 20.4 Å². The zero-order chi connectivity index (χ0) is 29.0. The van der Waals surface area contributed by atoms with Crippen molar-refractivity contribution in [1.29, 1.82) is 0 Å². The van der Waals surface area contributed by atoms with Crippen LogP contribution < -0.4 is 10.8 Å². The van der Waals surface area contributed by atoms with Gasteiger partial charge in [-0.15, -0.1) is 10.2 Å². The SMILES string of the molecule is CC(C)(C)OC(=O)N1CC[C@@H](NC(=O)c2nnc(C(C)(C)C)o2)c2ccc(B3OC(C)(C)C(C)(C)O3)cc2C1. The lowest BCUT2D eigenvalue weighted by molar-refractivity contribution is 0.00578. The van der Waals surface area contributed by atoms with Gasteiger partial charge in [-0.1, -0.05) is 39.0 Å². The molecule has 1 aromatic heterocycles. The number of fused-ring (bicyclic) bond motifs is 1. The van der Waals surface area contributed by atoms with Crippen LogP contribution in [0.3, 0.4) is 0 Å². The summed E-state index contributed by atoms with van der Waals surface area (Å²) in [5.41, 5.74) is 0.627. The number of aromatic nitrogens is 2. The molecule has 0 saturated carbocycles. The molecule has 2 amide bonds. The average molecular weight is 540 g/mol. The summed E-state index contributed by atoms with van der Waals surface area (Å²) in [4.78, 5) is 27.9. The number of benzene rings is 1. The van der Waals surface area contributed by atoms with Crippen LogP contribution in [0.4, 0.5) is 4.79 Å². The second-order valence-corrected chi connectivity index (χ2v) is 13.4. The van der Waals surface area contributed by atoms with Crippen molar-refractivity contribution in [2.24, 2.45) is 0 Å². The second kappa shape index (κ2) is 9.93. The fourth-order valence-electron chi connectivity index (χ4n) is 4.42. The molecule has 1 saturated heterocycles. The van der Waals surface area contributed by atoms with Crippen LogP contribution in [0.2, 0.25) is 0 Å². The van der Waals surface area contributed by atoms with Crippen LogP contribution in [-0.4, -0.2) is 57.6 Å². The van der Waals surface area contributed by atoms with Gasteiger partial charge < -0.3 is 28.7 Å². The van der Waals surface area contributed by atoms with Gasteiger partial charge in [-0.2, -0.15) is 0 Å². The lowest BCUT2D eigenvalue weighted by atomic mass is 9.77. The lowest BCUT2D eigenvalue weighted by Crippen LogP contribution is -2.41. The van der Waals surface area contributed by atoms with Crippen LogP contribution in [-0.2, 0) is 26.0 Å². The van der Waals surface area contributed by atoms with E-state index >= 15 is 0 Å². The van der Waals surface area contributed by atoms with E-state index in [2.05, 4.69) is 15.5 Å². The summed E-state index contributed by atoms with van der Waals surface area (Å²) in [5, 5.41) is 11.0. The van der Waals surface area contributed by atoms with Crippen molar-refractivity contribution in [3.63, 3.8) is 0 Å². The average Bonchev–Trinajstić information content (AvgIpc) is 3.31. The van der Waals surface area contributed by atoms with Crippen LogP contribution >= 0.6 is 0 Å². The number of rotatable bonds is 3. The molecule has 0 radical (unpaired) electrons. The maximum atomic E-state index is 13.1. The van der Waals surface area contributed by atoms with Crippen molar-refractivity contribution in [3.8, 4) is 0 Å². The van der Waals surface area contributed by atoms with Crippen molar-refractivity contribution in [2.45, 2.75) is 110 Å². The summed E-state index contributed by atoms with van der Waals surface area (Å²) < 4.78 is 23.9. The van der Waals surface area contributed by atoms with E-state index in [-0.39, 0.29) is 11.3 Å². The van der Waals surface area contributed by atoms with E-state index in [1.807, 2.05) is 87.4 Å². The smallest absolute Gasteiger partial charge is 0.444 e. The first-order valence-corrected chi connectivity index (χ1v) is 13.5. The van der Waals surface area contributed by atoms with Gasteiger partial charge in [0.25, 0.3) is 0 Å². The van der Waals surface area contributed by atoms with Gasteiger partial charge in [-0.3, -0.25) is 4.79 Å². The minimum Gasteiger partial charge on any atom is -0.444 e. The van der Waals surface area contributed by atoms with E-state index in [1.54, 1.807) is 4.90 Å². The fourth-order valence-corrected chi connectivity index (χ4v) is 4.42. The summed E-state index contributed by atoms with van der Waals surface area (Å²) in [7, 11) is -0.555. The topological polar surface area (TPSA) is 116 Å². The summed E-state index contributed by atoms with van der Waals surface area (Å²) >= 11 is 0. The van der Waals surface area contributed by atoms with Gasteiger partial charge in [-0.25, -0.2) is 4.79 Å². The molecule has 39 heavy (non-hydrogen) atoms. The molecule has 1 atom stereocenters. The zero-order valence-electron chi connectivity index (χ0n) is 24.8. The number of nitrogens with one attached hydrogen (secondary N) is 1. The molecule has 0 aliphatic carbocycles. The minimum atomic E-state index is -0.632. The van der Waals surface area contributed by atoms with Crippen molar-refractivity contribution in [3.05, 3.63) is 41.1 Å². The Kier molecular flexibility index (Phi) is 7.40. The molecule has 1 aromatic carbocycles. The highest BCUT2D eigenvalue weighted by Crippen LogP contribution is 2.37. The molecule has 2 aliphatic rings. The molecular formula is C28H41BN4O6. The zero-order valence-corrected chi connectivity index (χ0v) is 24.8. The highest BCUT2D eigenvalue weighted by atomic mass is 16.7. The van der Waals surface area contributed by atoms with Crippen molar-refractivity contribution < 1.29 is 28.1 Å². The number of hydrogen-bond donors (Lipinski definition) is 1. The van der Waals surface area contributed by atoms with Gasteiger partial charge in [0.05, 0.1) is 17.2 Å². The largest absolute Gasteiger partial charge is 0.494 e. The normalized spacial score (nSPS) is 20.8. The molecule has 212 valence electrons. The number of ether oxygens (including phenoxy) is 1. The maximum Gasteiger partial charge on any atom is 0.494 e. The third kappa shape index (κ3) is 6.30. The molecule has 4 rings (SSSR count). The Morgan fingerprint density at radius 1 is 1.05 bits per heavy atom. The first-order valence-electron chi connectivity index (χ1n) is 13.5. The summed E-state index contributed by atoms with van der Waals surface area (Å²) in [5.74, 6) is -0.171. The van der Waals surface area contributed by atoms with Crippen LogP contribution in [0, 0.1) is 0 Å². The van der Waals surface area contributed by atoms with Crippen LogP contribution in [0.15, 0.2) is 22.6 Å². The van der Waals surface area contributed by atoms with Gasteiger partial charge in [0, 0.05) is 18.5 Å². The third-order valence-corrected chi connectivity index (χ3v) is 7.33. The quantitative estimate of drug-likeness (QED) is 0.574. The van der Waals surface area contributed by atoms with Gasteiger partial charge in [0.15, 0.2) is 0 Å². The Morgan fingerprint density at radius 3 is 2.26 bits per heavy atom. The molecule has 0 spiro atoms. The number of amides is 2. The van der Waals surface area contributed by atoms with Crippen LogP contribution in [0.1, 0.15) is 109 Å². The van der Waals surface area contributed by atoms with E-state index in [0.717, 1.165) is 16.6 Å². The number of nitrogens with zero attached hydrogens (tertiary/aromatic N) is 3. The van der Waals surface area contributed by atoms with Crippen LogP contribution in [0.5, 0.6) is 0 Å². The Morgan fingerprint density at radius 2 is 1.69 bits per heavy atom. The Balaban J connectivity index is 1.64. The molecule has 1 fully saturated rings. The van der Waals surface area contributed by atoms with Gasteiger partial charge in [-0.05, 0) is 71.5 Å². The molecule has 2 aromatic rings. The molecule has 0 bridgehead atoms. The molecule has 0 unspecified atom stereocenters. The standard InChI is InChI=1S/C28H41BN4O6/c1-25(2,3)23-32-31-22(36-23)21(34)30-20-13-14-33(24(35)37-26(4,5)6)16-17-15-18(11-12-19(17)20)29-38-27(7,8)28(9,10)39-29/h11-12,15,20H,13-14,16H2,1-10H3,(H,30,34)/t20-/m1/s1. The van der Waals surface area contributed by atoms with E-state index in [4.69, 9.17) is 18.5 Å². The Bertz CT molecular complexity index is 1230. The molecule has 3 heterocycles. The maximum absolute atomic E-state index is 13.1. The molecule has 11 heteroatoms. The van der Waals surface area contributed by atoms with Gasteiger partial charge in [0.2, 0.25) is 5.89 Å². The molecular weight excluding hydrogens is 499 g/mol. The van der Waals surface area contributed by atoms with E-state index in [9.17, 15) is 9.59 Å². The summed E-state index contributed by atoms with van der Waals surface area (Å²) in [6.45, 7) is 20.1. The highest BCUT2D eigenvalue weighted by Gasteiger charge is 2.51. The predicted molar refractivity (Wildman–Crippen MR) is 147 cm³/mol. The summed E-state index contributed by atoms with van der Waals surface area (Å²) in [6, 6.07) is 5.52. The molecule has 1 N–H and O–H groups in total. The minimum absolute atomic E-state index is 0.0939. The van der Waals surface area contributed by atoms with Gasteiger partial charge in [0.1, 0.15) is 5.60 Å². The molecule has 10 nitrogen and oxygen atoms in total. The number of carbonyl (C=O) groups excluding carboxylic acids is 2. The monoisotopic (exact) mass is 540 g/mol. The highest BCUT2D eigenvalue weighted by molar-refractivity contribution is 6.62. The van der Waals surface area contributed by atoms with Crippen molar-refractivity contribution >= 4 is 24.6 Å². The Labute approximate surface area is 231 Å². The third-order valence-electron chi connectivity index (χ3n) is 7.33. The lowest BCUT2D eigenvalue weighted by Gasteiger charge is -2.32. The van der Waals surface area contributed by atoms with E-state index < -0.39 is 42.0 Å². The number of hydrogen-bond acceptors (Lipinski definition) is 8. The summed E-state index contributed by atoms with van der Waals surface area (Å²) in [6.07, 6.45) is 0.0712. The van der Waals surface area contributed by atoms with Crippen molar-refractivity contribution in [2.75, 3.05) is 6.54 Å². The van der Waals surface area contributed by atoms with E-state index in [0.29, 0.717) is 25.4 Å². The predicted octanol–water partition coefficient (Wildman–Crippen LogP) is 4.28. The number of carbonyl (C=O) groups is 2. The Hall–Kier alpha value is -2.92. The van der Waals surface area contributed by atoms with Crippen LogP contribution in [0.25, 0.3) is 0 Å². The first kappa shape index (κ1) is 29.1.